The molecule has 0 atom stereocenters. The van der Waals surface area contributed by atoms with Crippen LogP contribution in [-0.4, -0.2) is 24.1 Å². The first kappa shape index (κ1) is 10.7. The third-order valence-electron chi connectivity index (χ3n) is 1.69. The number of ether oxygens (including phenoxy) is 1. The van der Waals surface area contributed by atoms with E-state index in [9.17, 15) is 4.79 Å². The van der Waals surface area contributed by atoms with Crippen molar-refractivity contribution in [3.8, 4) is 0 Å². The van der Waals surface area contributed by atoms with E-state index >= 15 is 0 Å². The predicted molar refractivity (Wildman–Crippen MR) is 53.0 cm³/mol. The number of pyridine rings is 1. The van der Waals surface area contributed by atoms with Gasteiger partial charge in [-0.3, -0.25) is 0 Å². The molecule has 0 unspecified atom stereocenters. The highest BCUT2D eigenvalue weighted by Crippen LogP contribution is 2.01. The monoisotopic (exact) mass is 194 g/mol. The van der Waals surface area contributed by atoms with Gasteiger partial charge in [0.15, 0.2) is 0 Å². The summed E-state index contributed by atoms with van der Waals surface area (Å²) in [6.07, 6.45) is 0.674. The molecule has 0 aliphatic carbocycles. The fraction of sp³-hybridized carbons (Fsp3) is 0.400. The third kappa shape index (κ3) is 2.81. The average Bonchev–Trinajstić information content (AvgIpc) is 2.19. The highest BCUT2D eigenvalue weighted by Gasteiger charge is 2.07. The second-order valence-corrected chi connectivity index (χ2v) is 2.77. The molecule has 0 saturated heterocycles. The number of esters is 1. The zero-order chi connectivity index (χ0) is 10.4. The van der Waals surface area contributed by atoms with Gasteiger partial charge in [0.05, 0.1) is 6.61 Å². The van der Waals surface area contributed by atoms with Crippen LogP contribution in [0.1, 0.15) is 23.1 Å². The number of nitrogens with two attached hydrogens (primary N) is 1. The highest BCUT2D eigenvalue weighted by atomic mass is 16.5. The van der Waals surface area contributed by atoms with Gasteiger partial charge in [0.2, 0.25) is 0 Å². The van der Waals surface area contributed by atoms with E-state index in [1.165, 1.54) is 0 Å². The van der Waals surface area contributed by atoms with Gasteiger partial charge in [-0.15, -0.1) is 0 Å². The highest BCUT2D eigenvalue weighted by molar-refractivity contribution is 5.87. The molecule has 1 heterocycles. The molecule has 1 aromatic heterocycles. The van der Waals surface area contributed by atoms with Crippen LogP contribution in [-0.2, 0) is 11.2 Å². The molecule has 0 radical (unpaired) electrons. The lowest BCUT2D eigenvalue weighted by atomic mass is 10.2. The number of rotatable bonds is 4. The minimum atomic E-state index is -0.383. The van der Waals surface area contributed by atoms with E-state index in [0.29, 0.717) is 25.3 Å². The number of carbonyl (C=O) groups excluding carboxylic acids is 1. The van der Waals surface area contributed by atoms with Gasteiger partial charge >= 0.3 is 5.97 Å². The van der Waals surface area contributed by atoms with Gasteiger partial charge in [-0.25, -0.2) is 9.78 Å². The quantitative estimate of drug-likeness (QED) is 0.719. The van der Waals surface area contributed by atoms with Crippen molar-refractivity contribution in [3.05, 3.63) is 29.6 Å². The Morgan fingerprint density at radius 3 is 3.00 bits per heavy atom. The van der Waals surface area contributed by atoms with E-state index < -0.39 is 0 Å². The summed E-state index contributed by atoms with van der Waals surface area (Å²) in [5.74, 6) is -0.383. The maximum Gasteiger partial charge on any atom is 0.356 e. The predicted octanol–water partition coefficient (Wildman–Crippen LogP) is 0.760. The summed E-state index contributed by atoms with van der Waals surface area (Å²) in [5, 5.41) is 0. The second kappa shape index (κ2) is 5.34. The van der Waals surface area contributed by atoms with Crippen LogP contribution in [0.15, 0.2) is 18.2 Å². The zero-order valence-corrected chi connectivity index (χ0v) is 8.19. The van der Waals surface area contributed by atoms with Crippen molar-refractivity contribution in [2.45, 2.75) is 13.3 Å². The molecule has 4 nitrogen and oxygen atoms in total. The normalized spacial score (nSPS) is 9.86. The lowest BCUT2D eigenvalue weighted by Gasteiger charge is -2.02. The van der Waals surface area contributed by atoms with Crippen LogP contribution in [0.4, 0.5) is 0 Å². The van der Waals surface area contributed by atoms with E-state index in [0.717, 1.165) is 5.69 Å². The van der Waals surface area contributed by atoms with Crippen molar-refractivity contribution >= 4 is 5.97 Å². The average molecular weight is 194 g/mol. The molecule has 4 heteroatoms. The molecule has 1 aromatic rings. The van der Waals surface area contributed by atoms with Crippen LogP contribution >= 0.6 is 0 Å². The minimum absolute atomic E-state index is 0.345. The Hall–Kier alpha value is -1.42. The summed E-state index contributed by atoms with van der Waals surface area (Å²) in [5.41, 5.74) is 6.55. The van der Waals surface area contributed by atoms with E-state index in [1.54, 1.807) is 19.1 Å². The van der Waals surface area contributed by atoms with Crippen molar-refractivity contribution in [1.82, 2.24) is 4.98 Å². The van der Waals surface area contributed by atoms with Crippen molar-refractivity contribution in [2.24, 2.45) is 5.73 Å². The second-order valence-electron chi connectivity index (χ2n) is 2.77. The molecule has 0 saturated carbocycles. The first-order valence-corrected chi connectivity index (χ1v) is 4.61. The molecule has 0 aliphatic heterocycles. The maximum absolute atomic E-state index is 11.3. The molecule has 0 spiro atoms. The molecular formula is C10H14N2O2. The first-order valence-electron chi connectivity index (χ1n) is 4.61. The van der Waals surface area contributed by atoms with Gasteiger partial charge in [0.1, 0.15) is 5.69 Å². The Bertz CT molecular complexity index is 313. The molecule has 0 amide bonds. The molecular weight excluding hydrogens is 180 g/mol. The molecule has 0 fully saturated rings. The SMILES string of the molecule is CCOC(=O)c1cccc(CCN)n1. The van der Waals surface area contributed by atoms with Crippen LogP contribution in [0.25, 0.3) is 0 Å². The van der Waals surface area contributed by atoms with E-state index in [1.807, 2.05) is 6.07 Å². The lowest BCUT2D eigenvalue weighted by molar-refractivity contribution is 0.0519. The summed E-state index contributed by atoms with van der Waals surface area (Å²) in [6, 6.07) is 5.26. The Morgan fingerprint density at radius 2 is 2.36 bits per heavy atom. The maximum atomic E-state index is 11.3. The smallest absolute Gasteiger partial charge is 0.356 e. The van der Waals surface area contributed by atoms with Crippen LogP contribution in [0, 0.1) is 0 Å². The lowest BCUT2D eigenvalue weighted by Crippen LogP contribution is -2.10. The molecule has 76 valence electrons. The number of nitrogens with zero attached hydrogens (tertiary/aromatic N) is 1. The summed E-state index contributed by atoms with van der Waals surface area (Å²) in [7, 11) is 0. The summed E-state index contributed by atoms with van der Waals surface area (Å²) in [6.45, 7) is 2.66. The molecule has 0 aliphatic rings. The standard InChI is InChI=1S/C10H14N2O2/c1-2-14-10(13)9-5-3-4-8(12-9)6-7-11/h3-5H,2,6-7,11H2,1H3. The molecule has 14 heavy (non-hydrogen) atoms. The van der Waals surface area contributed by atoms with Crippen molar-refractivity contribution in [2.75, 3.05) is 13.2 Å². The Morgan fingerprint density at radius 1 is 1.57 bits per heavy atom. The van der Waals surface area contributed by atoms with Crippen LogP contribution in [0.3, 0.4) is 0 Å². The Labute approximate surface area is 83.1 Å². The van der Waals surface area contributed by atoms with Crippen molar-refractivity contribution < 1.29 is 9.53 Å². The largest absolute Gasteiger partial charge is 0.461 e. The van der Waals surface area contributed by atoms with Gasteiger partial charge in [-0.2, -0.15) is 0 Å². The van der Waals surface area contributed by atoms with Gasteiger partial charge in [0.25, 0.3) is 0 Å². The van der Waals surface area contributed by atoms with Crippen molar-refractivity contribution in [3.63, 3.8) is 0 Å². The van der Waals surface area contributed by atoms with Crippen LogP contribution in [0.5, 0.6) is 0 Å². The van der Waals surface area contributed by atoms with E-state index in [2.05, 4.69) is 4.98 Å². The fourth-order valence-corrected chi connectivity index (χ4v) is 1.09. The Balaban J connectivity index is 2.77. The summed E-state index contributed by atoms with van der Waals surface area (Å²) < 4.78 is 4.83. The van der Waals surface area contributed by atoms with Gasteiger partial charge in [-0.05, 0) is 25.6 Å². The van der Waals surface area contributed by atoms with Crippen LogP contribution in [0.2, 0.25) is 0 Å². The molecule has 0 bridgehead atoms. The molecule has 2 N–H and O–H groups in total. The third-order valence-corrected chi connectivity index (χ3v) is 1.69. The molecule has 1 rings (SSSR count). The van der Waals surface area contributed by atoms with Gasteiger partial charge < -0.3 is 10.5 Å². The number of hydrogen-bond donors (Lipinski definition) is 1. The van der Waals surface area contributed by atoms with E-state index in [4.69, 9.17) is 10.5 Å². The summed E-state index contributed by atoms with van der Waals surface area (Å²) in [4.78, 5) is 15.4. The topological polar surface area (TPSA) is 65.2 Å². The number of hydrogen-bond acceptors (Lipinski definition) is 4. The van der Waals surface area contributed by atoms with Gasteiger partial charge in [-0.1, -0.05) is 6.07 Å². The number of aromatic nitrogens is 1. The van der Waals surface area contributed by atoms with Crippen molar-refractivity contribution in [1.29, 1.82) is 0 Å². The fourth-order valence-electron chi connectivity index (χ4n) is 1.09. The first-order chi connectivity index (χ1) is 6.77. The minimum Gasteiger partial charge on any atom is -0.461 e. The van der Waals surface area contributed by atoms with E-state index in [-0.39, 0.29) is 5.97 Å². The summed E-state index contributed by atoms with van der Waals surface area (Å²) >= 11 is 0. The molecule has 0 aromatic carbocycles. The number of carbonyl (C=O) groups is 1. The van der Waals surface area contributed by atoms with Crippen LogP contribution < -0.4 is 5.73 Å². The zero-order valence-electron chi connectivity index (χ0n) is 8.19. The van der Waals surface area contributed by atoms with Gasteiger partial charge in [0, 0.05) is 12.1 Å². The Kier molecular flexibility index (Phi) is 4.07.